The molecule has 0 saturated heterocycles. The van der Waals surface area contributed by atoms with Gasteiger partial charge in [0.25, 0.3) is 0 Å². The van der Waals surface area contributed by atoms with Gasteiger partial charge >= 0.3 is 12.1 Å². The summed E-state index contributed by atoms with van der Waals surface area (Å²) >= 11 is 0. The molecule has 0 aliphatic heterocycles. The predicted molar refractivity (Wildman–Crippen MR) is 153 cm³/mol. The van der Waals surface area contributed by atoms with Crippen LogP contribution in [0.2, 0.25) is 0 Å². The molecule has 210 valence electrons. The van der Waals surface area contributed by atoms with E-state index in [9.17, 15) is 14.7 Å². The summed E-state index contributed by atoms with van der Waals surface area (Å²) in [5.41, 5.74) is 0.780. The van der Waals surface area contributed by atoms with Crippen LogP contribution in [0.15, 0.2) is 60.7 Å². The number of aliphatic hydroxyl groups is 1. The summed E-state index contributed by atoms with van der Waals surface area (Å²) in [6, 6.07) is 18.6. The topological polar surface area (TPSA) is 82.1 Å². The highest BCUT2D eigenvalue weighted by Crippen LogP contribution is 2.21. The smallest absolute Gasteiger partial charge is 0.410 e. The lowest BCUT2D eigenvalue weighted by molar-refractivity contribution is -0.0140. The lowest BCUT2D eigenvalue weighted by Crippen LogP contribution is -2.56. The van der Waals surface area contributed by atoms with E-state index in [0.717, 1.165) is 11.1 Å². The average Bonchev–Trinajstić information content (AvgIpc) is 2.79. The van der Waals surface area contributed by atoms with Gasteiger partial charge in [0.15, 0.2) is 0 Å². The van der Waals surface area contributed by atoms with Gasteiger partial charge in [-0.1, -0.05) is 74.5 Å². The zero-order chi connectivity index (χ0) is 28.5. The fraction of sp³-hybridized carbons (Fsp3) is 0.548. The molecule has 0 bridgehead atoms. The first-order valence-electron chi connectivity index (χ1n) is 13.5. The Hall–Kier alpha value is -3.06. The SMILES string of the molecule is CC(C)CN(C[C@@H](O)[C@H](Cc1ccccc1)N(Cc1ccccc1)C(=O)OC(C)(C)C)C(=O)NC(C)(C)C. The second kappa shape index (κ2) is 13.7. The molecule has 0 unspecified atom stereocenters. The van der Waals surface area contributed by atoms with Gasteiger partial charge in [-0.25, -0.2) is 9.59 Å². The van der Waals surface area contributed by atoms with Crippen molar-refractivity contribution in [1.82, 2.24) is 15.1 Å². The minimum Gasteiger partial charge on any atom is -0.444 e. The predicted octanol–water partition coefficient (Wildman–Crippen LogP) is 5.86. The van der Waals surface area contributed by atoms with Gasteiger partial charge in [-0.3, -0.25) is 4.90 Å². The number of hydrogen-bond donors (Lipinski definition) is 2. The largest absolute Gasteiger partial charge is 0.444 e. The second-order valence-corrected chi connectivity index (χ2v) is 12.4. The van der Waals surface area contributed by atoms with Gasteiger partial charge in [0.1, 0.15) is 5.60 Å². The molecule has 0 aliphatic rings. The molecule has 2 aromatic carbocycles. The Morgan fingerprint density at radius 1 is 0.868 bits per heavy atom. The monoisotopic (exact) mass is 525 g/mol. The number of nitrogens with zero attached hydrogens (tertiary/aromatic N) is 2. The molecule has 7 heteroatoms. The van der Waals surface area contributed by atoms with Crippen molar-refractivity contribution >= 4 is 12.1 Å². The fourth-order valence-corrected chi connectivity index (χ4v) is 4.16. The van der Waals surface area contributed by atoms with Crippen LogP contribution in [0.5, 0.6) is 0 Å². The summed E-state index contributed by atoms with van der Waals surface area (Å²) in [5.74, 6) is 0.201. The van der Waals surface area contributed by atoms with Crippen molar-refractivity contribution in [2.24, 2.45) is 5.92 Å². The van der Waals surface area contributed by atoms with Gasteiger partial charge < -0.3 is 20.1 Å². The zero-order valence-corrected chi connectivity index (χ0v) is 24.4. The van der Waals surface area contributed by atoms with Crippen LogP contribution in [0.3, 0.4) is 0 Å². The van der Waals surface area contributed by atoms with Gasteiger partial charge in [0, 0.05) is 18.6 Å². The van der Waals surface area contributed by atoms with E-state index in [1.807, 2.05) is 116 Å². The van der Waals surface area contributed by atoms with Crippen LogP contribution in [-0.4, -0.2) is 63.4 Å². The van der Waals surface area contributed by atoms with Crippen LogP contribution in [0.4, 0.5) is 9.59 Å². The van der Waals surface area contributed by atoms with Crippen LogP contribution in [0.25, 0.3) is 0 Å². The van der Waals surface area contributed by atoms with Crippen molar-refractivity contribution in [3.63, 3.8) is 0 Å². The molecule has 2 aromatic rings. The van der Waals surface area contributed by atoms with E-state index >= 15 is 0 Å². The summed E-state index contributed by atoms with van der Waals surface area (Å²) in [6.07, 6.45) is -1.11. The van der Waals surface area contributed by atoms with E-state index in [2.05, 4.69) is 5.32 Å². The molecule has 0 heterocycles. The molecule has 0 aromatic heterocycles. The van der Waals surface area contributed by atoms with Crippen LogP contribution >= 0.6 is 0 Å². The summed E-state index contributed by atoms with van der Waals surface area (Å²) in [7, 11) is 0. The molecule has 0 radical (unpaired) electrons. The molecule has 0 fully saturated rings. The Morgan fingerprint density at radius 3 is 1.87 bits per heavy atom. The number of hydrogen-bond acceptors (Lipinski definition) is 4. The maximum absolute atomic E-state index is 13.6. The van der Waals surface area contributed by atoms with E-state index in [1.54, 1.807) is 9.80 Å². The zero-order valence-electron chi connectivity index (χ0n) is 24.4. The number of urea groups is 1. The third kappa shape index (κ3) is 11.1. The van der Waals surface area contributed by atoms with Crippen molar-refractivity contribution in [3.05, 3.63) is 71.8 Å². The Labute approximate surface area is 229 Å². The van der Waals surface area contributed by atoms with E-state index in [1.165, 1.54) is 0 Å². The van der Waals surface area contributed by atoms with Gasteiger partial charge in [-0.15, -0.1) is 0 Å². The lowest BCUT2D eigenvalue weighted by Gasteiger charge is -2.38. The van der Waals surface area contributed by atoms with Crippen molar-refractivity contribution in [2.45, 2.75) is 91.6 Å². The number of amides is 3. The Morgan fingerprint density at radius 2 is 1.39 bits per heavy atom. The highest BCUT2D eigenvalue weighted by atomic mass is 16.6. The van der Waals surface area contributed by atoms with Gasteiger partial charge in [-0.2, -0.15) is 0 Å². The maximum Gasteiger partial charge on any atom is 0.410 e. The van der Waals surface area contributed by atoms with Crippen LogP contribution in [0.1, 0.15) is 66.5 Å². The number of ether oxygens (including phenoxy) is 1. The number of nitrogens with one attached hydrogen (secondary N) is 1. The van der Waals surface area contributed by atoms with E-state index in [-0.39, 0.29) is 25.0 Å². The average molecular weight is 526 g/mol. The first-order valence-corrected chi connectivity index (χ1v) is 13.5. The van der Waals surface area contributed by atoms with Crippen LogP contribution in [0, 0.1) is 5.92 Å². The third-order valence-corrected chi connectivity index (χ3v) is 5.72. The van der Waals surface area contributed by atoms with Gasteiger partial charge in [0.2, 0.25) is 0 Å². The van der Waals surface area contributed by atoms with Crippen molar-refractivity contribution in [2.75, 3.05) is 13.1 Å². The van der Waals surface area contributed by atoms with Crippen LogP contribution < -0.4 is 5.32 Å². The molecule has 0 aliphatic carbocycles. The first kappa shape index (κ1) is 31.2. The summed E-state index contributed by atoms with van der Waals surface area (Å²) in [6.45, 7) is 16.2. The quantitative estimate of drug-likeness (QED) is 0.407. The minimum absolute atomic E-state index is 0.0751. The molecule has 2 N–H and O–H groups in total. The number of carbonyl (C=O) groups excluding carboxylic acids is 2. The third-order valence-electron chi connectivity index (χ3n) is 5.72. The second-order valence-electron chi connectivity index (χ2n) is 12.4. The molecule has 0 spiro atoms. The van der Waals surface area contributed by atoms with Gasteiger partial charge in [0.05, 0.1) is 18.7 Å². The number of benzene rings is 2. The lowest BCUT2D eigenvalue weighted by atomic mass is 9.98. The standard InChI is InChI=1S/C31H47N3O4/c1-23(2)20-33(28(36)32-30(3,4)5)22-27(35)26(19-24-15-11-9-12-16-24)34(29(37)38-31(6,7)8)21-25-17-13-10-14-18-25/h9-18,23,26-27,35H,19-22H2,1-8H3,(H,32,36)/t26-,27+/m0/s1. The molecule has 3 amide bonds. The van der Waals surface area contributed by atoms with Crippen LogP contribution in [-0.2, 0) is 17.7 Å². The molecule has 2 atom stereocenters. The number of aliphatic hydroxyl groups excluding tert-OH is 1. The van der Waals surface area contributed by atoms with E-state index in [4.69, 9.17) is 4.74 Å². The molecule has 2 rings (SSSR count). The Kier molecular flexibility index (Phi) is 11.2. The molecule has 0 saturated carbocycles. The van der Waals surface area contributed by atoms with Crippen molar-refractivity contribution in [1.29, 1.82) is 0 Å². The van der Waals surface area contributed by atoms with E-state index < -0.39 is 29.4 Å². The molecular formula is C31H47N3O4. The van der Waals surface area contributed by atoms with Crippen molar-refractivity contribution < 1.29 is 19.4 Å². The minimum atomic E-state index is -1.02. The summed E-state index contributed by atoms with van der Waals surface area (Å²) < 4.78 is 5.81. The first-order chi connectivity index (χ1) is 17.6. The number of rotatable bonds is 10. The van der Waals surface area contributed by atoms with E-state index in [0.29, 0.717) is 13.0 Å². The highest BCUT2D eigenvalue weighted by molar-refractivity contribution is 5.75. The molecule has 38 heavy (non-hydrogen) atoms. The highest BCUT2D eigenvalue weighted by Gasteiger charge is 2.35. The van der Waals surface area contributed by atoms with Gasteiger partial charge in [-0.05, 0) is 65.0 Å². The molecular weight excluding hydrogens is 478 g/mol. The number of carbonyl (C=O) groups is 2. The summed E-state index contributed by atoms with van der Waals surface area (Å²) in [5, 5.41) is 14.7. The Bertz CT molecular complexity index is 997. The van der Waals surface area contributed by atoms with Crippen molar-refractivity contribution in [3.8, 4) is 0 Å². The fourth-order valence-electron chi connectivity index (χ4n) is 4.16. The maximum atomic E-state index is 13.6. The normalized spacial score (nSPS) is 13.5. The molecule has 7 nitrogen and oxygen atoms in total. The summed E-state index contributed by atoms with van der Waals surface area (Å²) in [4.78, 5) is 30.0. The Balaban J connectivity index is 2.47.